The van der Waals surface area contributed by atoms with E-state index in [1.54, 1.807) is 105 Å². The zero-order valence-electron chi connectivity index (χ0n) is 50.0. The number of thioether (sulfide) groups is 1. The van der Waals surface area contributed by atoms with Crippen molar-refractivity contribution in [2.24, 2.45) is 11.8 Å². The van der Waals surface area contributed by atoms with Crippen LogP contribution in [0.25, 0.3) is 5.65 Å². The van der Waals surface area contributed by atoms with Crippen LogP contribution in [0.2, 0.25) is 0 Å². The first kappa shape index (κ1) is 65.9. The van der Waals surface area contributed by atoms with Gasteiger partial charge in [0.1, 0.15) is 17.7 Å². The largest absolute Gasteiger partial charge is 0.445 e. The highest BCUT2D eigenvalue weighted by atomic mass is 32.2. The van der Waals surface area contributed by atoms with Gasteiger partial charge in [0, 0.05) is 88.7 Å². The standard InChI is InChI=1S/C62H72FN11O14S/c1-7-47(75)65-41-17-13-40(14-18-41)58(80)68-44-10-8-9-43(33-44)66-57-53(63)61(71-56-46(36(2)3)34-64-73(56)57)89-45-21-25-72(26-22-45)62(83)87-35-39-11-15-42(16-12-39)67-59(81)52-38(6)55(52)70-60(82)54(37(4)5)69-48(76)23-27-84-29-31-86-32-30-85-28-24-51(79)88-74-49(77)19-20-50(74)78/h7-18,33-34,36-38,45,54,66H,1,19-32,35H2,2-6H3,(H,65,75)(H,67,81)(H,68,80)(H,69,76)(H,70,82)/t38-,54?/m0/s1. The molecule has 89 heavy (non-hydrogen) atoms. The number of aromatic nitrogens is 3. The topological polar surface area (TPSA) is 309 Å². The molecule has 8 rings (SSSR count). The molecule has 27 heteroatoms. The Morgan fingerprint density at radius 2 is 1.38 bits per heavy atom. The maximum Gasteiger partial charge on any atom is 0.410 e. The molecule has 2 aliphatic heterocycles. The average Bonchev–Trinajstić information content (AvgIpc) is 1.73. The lowest BCUT2D eigenvalue weighted by Gasteiger charge is -2.31. The molecule has 1 aliphatic carbocycles. The van der Waals surface area contributed by atoms with Crippen LogP contribution in [0.15, 0.2) is 108 Å². The van der Waals surface area contributed by atoms with Crippen molar-refractivity contribution in [2.45, 2.75) is 102 Å². The number of piperidine rings is 1. The smallest absolute Gasteiger partial charge is 0.410 e. The number of amides is 8. The summed E-state index contributed by atoms with van der Waals surface area (Å²) in [6.07, 6.45) is 3.27. The van der Waals surface area contributed by atoms with E-state index >= 15 is 4.39 Å². The lowest BCUT2D eigenvalue weighted by Crippen LogP contribution is -2.49. The first-order valence-electron chi connectivity index (χ1n) is 29.2. The van der Waals surface area contributed by atoms with Crippen LogP contribution in [0.3, 0.4) is 0 Å². The molecule has 4 heterocycles. The van der Waals surface area contributed by atoms with Crippen LogP contribution in [0.1, 0.15) is 101 Å². The molecule has 2 aromatic heterocycles. The maximum atomic E-state index is 16.7. The van der Waals surface area contributed by atoms with Crippen LogP contribution < -0.4 is 31.9 Å². The van der Waals surface area contributed by atoms with Gasteiger partial charge >= 0.3 is 12.1 Å². The normalized spacial score (nSPS) is 15.3. The Hall–Kier alpha value is -9.05. The molecule has 3 aliphatic rings. The van der Waals surface area contributed by atoms with Gasteiger partial charge in [-0.05, 0) is 90.9 Å². The Balaban J connectivity index is 0.731. The van der Waals surface area contributed by atoms with Gasteiger partial charge in [-0.3, -0.25) is 33.6 Å². The number of hydrogen-bond donors (Lipinski definition) is 6. The molecule has 472 valence electrons. The molecular weight excluding hydrogens is 1170 g/mol. The second kappa shape index (κ2) is 31.2. The summed E-state index contributed by atoms with van der Waals surface area (Å²) in [5.74, 6) is -5.01. The molecule has 0 radical (unpaired) electrons. The van der Waals surface area contributed by atoms with E-state index in [2.05, 4.69) is 43.6 Å². The summed E-state index contributed by atoms with van der Waals surface area (Å²) in [5.41, 5.74) is 5.13. The molecule has 0 saturated carbocycles. The summed E-state index contributed by atoms with van der Waals surface area (Å²) in [4.78, 5) is 124. The van der Waals surface area contributed by atoms with Crippen molar-refractivity contribution < 1.29 is 71.3 Å². The van der Waals surface area contributed by atoms with Crippen LogP contribution in [-0.2, 0) is 64.0 Å². The van der Waals surface area contributed by atoms with Gasteiger partial charge in [0.2, 0.25) is 17.7 Å². The number of anilines is 5. The molecule has 25 nitrogen and oxygen atoms in total. The predicted octanol–water partition coefficient (Wildman–Crippen LogP) is 7.54. The van der Waals surface area contributed by atoms with Gasteiger partial charge in [0.05, 0.1) is 52.3 Å². The maximum absolute atomic E-state index is 16.7. The van der Waals surface area contributed by atoms with E-state index < -0.39 is 53.5 Å². The van der Waals surface area contributed by atoms with Gasteiger partial charge in [0.15, 0.2) is 17.3 Å². The van der Waals surface area contributed by atoms with Crippen molar-refractivity contribution in [1.29, 1.82) is 0 Å². The zero-order valence-corrected chi connectivity index (χ0v) is 50.8. The van der Waals surface area contributed by atoms with Gasteiger partial charge in [-0.25, -0.2) is 14.6 Å². The number of benzene rings is 3. The van der Waals surface area contributed by atoms with Gasteiger partial charge in [-0.1, -0.05) is 71.2 Å². The number of likely N-dealkylation sites (tertiary alicyclic amines) is 1. The van der Waals surface area contributed by atoms with E-state index in [9.17, 15) is 43.2 Å². The first-order valence-corrected chi connectivity index (χ1v) is 30.1. The van der Waals surface area contributed by atoms with E-state index in [-0.39, 0.29) is 118 Å². The second-order valence-corrected chi connectivity index (χ2v) is 23.0. The number of nitrogens with one attached hydrogen (secondary N) is 6. The Morgan fingerprint density at radius 3 is 2.03 bits per heavy atom. The highest BCUT2D eigenvalue weighted by Gasteiger charge is 2.41. The Labute approximate surface area is 517 Å². The van der Waals surface area contributed by atoms with E-state index in [0.29, 0.717) is 81.8 Å². The number of nitrogens with zero attached hydrogens (tertiary/aromatic N) is 5. The van der Waals surface area contributed by atoms with E-state index in [1.165, 1.54) is 16.3 Å². The Bertz CT molecular complexity index is 3460. The molecule has 2 saturated heterocycles. The van der Waals surface area contributed by atoms with E-state index in [1.807, 2.05) is 13.8 Å². The summed E-state index contributed by atoms with van der Waals surface area (Å²) in [6.45, 7) is 14.4. The summed E-state index contributed by atoms with van der Waals surface area (Å²) in [7, 11) is 0. The molecule has 2 fully saturated rings. The highest BCUT2D eigenvalue weighted by Crippen LogP contribution is 2.39. The van der Waals surface area contributed by atoms with Crippen molar-refractivity contribution in [3.05, 3.63) is 125 Å². The highest BCUT2D eigenvalue weighted by molar-refractivity contribution is 7.99. The van der Waals surface area contributed by atoms with Gasteiger partial charge in [-0.15, -0.1) is 5.06 Å². The molecule has 5 aromatic rings. The van der Waals surface area contributed by atoms with Gasteiger partial charge in [0.25, 0.3) is 23.6 Å². The predicted molar refractivity (Wildman–Crippen MR) is 326 cm³/mol. The van der Waals surface area contributed by atoms with Crippen LogP contribution in [0, 0.1) is 17.7 Å². The summed E-state index contributed by atoms with van der Waals surface area (Å²) in [5, 5.41) is 22.2. The molecule has 3 aromatic carbocycles. The average molecular weight is 1250 g/mol. The molecule has 0 spiro atoms. The van der Waals surface area contributed by atoms with Crippen LogP contribution in [0.5, 0.6) is 0 Å². The van der Waals surface area contributed by atoms with Crippen LogP contribution in [-0.4, -0.2) is 142 Å². The minimum absolute atomic E-state index is 0.00922. The van der Waals surface area contributed by atoms with Crippen molar-refractivity contribution in [3.8, 4) is 0 Å². The Morgan fingerprint density at radius 1 is 0.764 bits per heavy atom. The molecular formula is C62H72FN11O14S. The van der Waals surface area contributed by atoms with Crippen LogP contribution >= 0.6 is 11.8 Å². The molecule has 2 atom stereocenters. The van der Waals surface area contributed by atoms with Gasteiger partial charge in [-0.2, -0.15) is 14.0 Å². The lowest BCUT2D eigenvalue weighted by atomic mass is 10.0. The Kier molecular flexibility index (Phi) is 23.1. The van der Waals surface area contributed by atoms with Crippen molar-refractivity contribution >= 4 is 99.4 Å². The number of halogens is 1. The molecule has 1 unspecified atom stereocenters. The fraction of sp³-hybridized carbons (Fsp3) is 0.403. The number of rotatable bonds is 30. The van der Waals surface area contributed by atoms with Crippen molar-refractivity contribution in [1.82, 2.24) is 35.2 Å². The van der Waals surface area contributed by atoms with Gasteiger partial charge < -0.3 is 60.6 Å². The summed E-state index contributed by atoms with van der Waals surface area (Å²) >= 11 is 1.30. The molecule has 8 amide bonds. The summed E-state index contributed by atoms with van der Waals surface area (Å²) in [6, 6.07) is 19.1. The number of carbonyl (C=O) groups excluding carboxylic acids is 9. The fourth-order valence-corrected chi connectivity index (χ4v) is 10.5. The van der Waals surface area contributed by atoms with Crippen molar-refractivity contribution in [3.63, 3.8) is 0 Å². The third kappa shape index (κ3) is 18.3. The van der Waals surface area contributed by atoms with E-state index in [0.717, 1.165) is 11.6 Å². The van der Waals surface area contributed by atoms with Crippen LogP contribution in [0.4, 0.5) is 37.8 Å². The quantitative estimate of drug-likeness (QED) is 0.0112. The molecule has 0 bridgehead atoms. The number of allylic oxidation sites excluding steroid dienone is 1. The lowest BCUT2D eigenvalue weighted by molar-refractivity contribution is -0.198. The minimum Gasteiger partial charge on any atom is -0.445 e. The SMILES string of the molecule is C=CC(=O)Nc1ccc(C(=O)Nc2cccc(Nc3c(F)c(SC4CCN(C(=O)OCc5ccc(NC(=O)C6=C(NC(=O)C(NC(=O)CCOCCOCCOCCC(=O)ON7C(=O)CCC7=O)C(C)C)[C@H]6C)cc5)CC4)nc4c(C(C)C)cnn34)c2)cc1. The monoisotopic (exact) mass is 1250 g/mol. The number of hydrogen-bond acceptors (Lipinski definition) is 18. The third-order valence-electron chi connectivity index (χ3n) is 14.5. The first-order chi connectivity index (χ1) is 42.8. The number of ether oxygens (including phenoxy) is 4. The second-order valence-electron chi connectivity index (χ2n) is 21.7. The number of carbonyl (C=O) groups is 9. The number of hydroxylamine groups is 2. The fourth-order valence-electron chi connectivity index (χ4n) is 9.40. The number of imide groups is 1. The summed E-state index contributed by atoms with van der Waals surface area (Å²) < 4.78 is 40.1. The van der Waals surface area contributed by atoms with Crippen molar-refractivity contribution in [2.75, 3.05) is 74.0 Å². The minimum atomic E-state index is -0.882. The number of fused-ring (bicyclic) bond motifs is 1. The molecule has 6 N–H and O–H groups in total. The van der Waals surface area contributed by atoms with E-state index in [4.69, 9.17) is 28.8 Å². The zero-order chi connectivity index (χ0) is 63.7. The third-order valence-corrected chi connectivity index (χ3v) is 15.8.